The zero-order valence-corrected chi connectivity index (χ0v) is 15.5. The number of aromatic nitrogens is 2. The molecule has 0 atom stereocenters. The monoisotopic (exact) mass is 354 g/mol. The Morgan fingerprint density at radius 2 is 2.04 bits per heavy atom. The average molecular weight is 354 g/mol. The zero-order chi connectivity index (χ0) is 18.1. The average Bonchev–Trinajstić information content (AvgIpc) is 2.94. The van der Waals surface area contributed by atoms with E-state index in [0.717, 1.165) is 37.4 Å². The van der Waals surface area contributed by atoms with Crippen LogP contribution in [0.5, 0.6) is 0 Å². The second kappa shape index (κ2) is 6.85. The van der Waals surface area contributed by atoms with Gasteiger partial charge in [-0.2, -0.15) is 5.10 Å². The summed E-state index contributed by atoms with van der Waals surface area (Å²) in [5, 5.41) is 7.59. The number of carbonyl (C=O) groups excluding carboxylic acids is 1. The number of morpholine rings is 1. The zero-order valence-electron chi connectivity index (χ0n) is 15.5. The molecule has 1 amide bonds. The highest BCUT2D eigenvalue weighted by Gasteiger charge is 2.45. The number of hydrogen-bond donors (Lipinski definition) is 1. The van der Waals surface area contributed by atoms with Crippen LogP contribution < -0.4 is 5.32 Å². The van der Waals surface area contributed by atoms with Gasteiger partial charge in [0.2, 0.25) is 5.91 Å². The van der Waals surface area contributed by atoms with Gasteiger partial charge in [0, 0.05) is 18.2 Å². The smallest absolute Gasteiger partial charge is 0.239 e. The number of hydrogen-bond acceptors (Lipinski definition) is 4. The third-order valence-corrected chi connectivity index (χ3v) is 5.54. The van der Waals surface area contributed by atoms with E-state index >= 15 is 0 Å². The molecule has 138 valence electrons. The summed E-state index contributed by atoms with van der Waals surface area (Å²) in [6, 6.07) is 10.0. The summed E-state index contributed by atoms with van der Waals surface area (Å²) in [6.07, 6.45) is 3.47. The SMILES string of the molecule is Cc1ccc(-n2nc(C)cc2NC(=O)CN2CCOCC23CCC3)cc1. The first-order valence-corrected chi connectivity index (χ1v) is 9.32. The van der Waals surface area contributed by atoms with Crippen LogP contribution in [-0.4, -0.2) is 52.4 Å². The van der Waals surface area contributed by atoms with E-state index in [0.29, 0.717) is 19.0 Å². The second-order valence-corrected chi connectivity index (χ2v) is 7.52. The molecule has 0 bridgehead atoms. The van der Waals surface area contributed by atoms with E-state index in [1.165, 1.54) is 12.0 Å². The number of benzene rings is 1. The van der Waals surface area contributed by atoms with Crippen LogP contribution in [0, 0.1) is 13.8 Å². The second-order valence-electron chi connectivity index (χ2n) is 7.52. The standard InChI is InChI=1S/C20H26N4O2/c1-15-4-6-17(7-5-15)24-18(12-16(2)22-24)21-19(25)13-23-10-11-26-14-20(23)8-3-9-20/h4-7,12H,3,8-11,13-14H2,1-2H3,(H,21,25). The van der Waals surface area contributed by atoms with Crippen LogP contribution in [-0.2, 0) is 9.53 Å². The first-order chi connectivity index (χ1) is 12.6. The Bertz CT molecular complexity index is 793. The third kappa shape index (κ3) is 3.27. The van der Waals surface area contributed by atoms with Gasteiger partial charge in [0.1, 0.15) is 5.82 Å². The van der Waals surface area contributed by atoms with Crippen LogP contribution in [0.2, 0.25) is 0 Å². The number of nitrogens with one attached hydrogen (secondary N) is 1. The quantitative estimate of drug-likeness (QED) is 0.917. The molecular formula is C20H26N4O2. The van der Waals surface area contributed by atoms with Crippen molar-refractivity contribution < 1.29 is 9.53 Å². The van der Waals surface area contributed by atoms with Crippen molar-refractivity contribution in [3.8, 4) is 5.69 Å². The maximum absolute atomic E-state index is 12.7. The van der Waals surface area contributed by atoms with Gasteiger partial charge in [0.25, 0.3) is 0 Å². The molecule has 1 saturated heterocycles. The molecule has 6 heteroatoms. The molecule has 0 unspecified atom stereocenters. The Balaban J connectivity index is 1.48. The van der Waals surface area contributed by atoms with Crippen molar-refractivity contribution in [1.82, 2.24) is 14.7 Å². The first-order valence-electron chi connectivity index (χ1n) is 9.32. The highest BCUT2D eigenvalue weighted by Crippen LogP contribution is 2.39. The Morgan fingerprint density at radius 1 is 1.27 bits per heavy atom. The summed E-state index contributed by atoms with van der Waals surface area (Å²) in [6.45, 7) is 6.67. The van der Waals surface area contributed by atoms with Crippen molar-refractivity contribution in [2.45, 2.75) is 38.6 Å². The number of anilines is 1. The molecule has 1 spiro atoms. The van der Waals surface area contributed by atoms with Crippen molar-refractivity contribution in [2.75, 3.05) is 31.6 Å². The van der Waals surface area contributed by atoms with Crippen molar-refractivity contribution in [2.24, 2.45) is 0 Å². The predicted octanol–water partition coefficient (Wildman–Crippen LogP) is 2.68. The summed E-state index contributed by atoms with van der Waals surface area (Å²) in [7, 11) is 0. The Kier molecular flexibility index (Phi) is 4.54. The van der Waals surface area contributed by atoms with Gasteiger partial charge in [0.05, 0.1) is 31.1 Å². The van der Waals surface area contributed by atoms with Crippen LogP contribution in [0.25, 0.3) is 5.69 Å². The van der Waals surface area contributed by atoms with Gasteiger partial charge in [-0.15, -0.1) is 0 Å². The summed E-state index contributed by atoms with van der Waals surface area (Å²) in [4.78, 5) is 15.0. The number of nitrogens with zero attached hydrogens (tertiary/aromatic N) is 3. The fourth-order valence-electron chi connectivity index (χ4n) is 3.88. The minimum Gasteiger partial charge on any atom is -0.378 e. The first kappa shape index (κ1) is 17.2. The molecule has 26 heavy (non-hydrogen) atoms. The van der Waals surface area contributed by atoms with E-state index in [1.54, 1.807) is 4.68 Å². The molecular weight excluding hydrogens is 328 g/mol. The third-order valence-electron chi connectivity index (χ3n) is 5.54. The minimum atomic E-state index is 0.00596. The van der Waals surface area contributed by atoms with Crippen molar-refractivity contribution >= 4 is 11.7 Å². The molecule has 1 saturated carbocycles. The molecule has 0 radical (unpaired) electrons. The van der Waals surface area contributed by atoms with E-state index < -0.39 is 0 Å². The molecule has 2 heterocycles. The maximum Gasteiger partial charge on any atom is 0.239 e. The van der Waals surface area contributed by atoms with Crippen molar-refractivity contribution in [3.05, 3.63) is 41.6 Å². The van der Waals surface area contributed by atoms with E-state index in [4.69, 9.17) is 4.74 Å². The number of amides is 1. The fourth-order valence-corrected chi connectivity index (χ4v) is 3.88. The molecule has 1 aromatic heterocycles. The van der Waals surface area contributed by atoms with Gasteiger partial charge in [-0.25, -0.2) is 4.68 Å². The molecule has 4 rings (SSSR count). The molecule has 1 N–H and O–H groups in total. The van der Waals surface area contributed by atoms with Crippen molar-refractivity contribution in [1.29, 1.82) is 0 Å². The lowest BCUT2D eigenvalue weighted by atomic mass is 9.75. The van der Waals surface area contributed by atoms with Gasteiger partial charge in [-0.05, 0) is 45.2 Å². The minimum absolute atomic E-state index is 0.00596. The topological polar surface area (TPSA) is 59.4 Å². The lowest BCUT2D eigenvalue weighted by molar-refractivity contribution is -0.131. The van der Waals surface area contributed by atoms with E-state index in [2.05, 4.69) is 22.2 Å². The van der Waals surface area contributed by atoms with Crippen LogP contribution in [0.4, 0.5) is 5.82 Å². The molecule has 1 aliphatic carbocycles. The highest BCUT2D eigenvalue weighted by atomic mass is 16.5. The van der Waals surface area contributed by atoms with Crippen LogP contribution >= 0.6 is 0 Å². The van der Waals surface area contributed by atoms with E-state index in [1.807, 2.05) is 37.3 Å². The number of carbonyl (C=O) groups is 1. The summed E-state index contributed by atoms with van der Waals surface area (Å²) in [5.74, 6) is 0.721. The summed E-state index contributed by atoms with van der Waals surface area (Å²) < 4.78 is 7.46. The lowest BCUT2D eigenvalue weighted by Gasteiger charge is -2.52. The fraction of sp³-hybridized carbons (Fsp3) is 0.500. The molecule has 1 aromatic carbocycles. The van der Waals surface area contributed by atoms with Gasteiger partial charge in [-0.3, -0.25) is 9.69 Å². The van der Waals surface area contributed by atoms with Gasteiger partial charge in [0.15, 0.2) is 0 Å². The van der Waals surface area contributed by atoms with Crippen LogP contribution in [0.15, 0.2) is 30.3 Å². The number of aryl methyl sites for hydroxylation is 2. The largest absolute Gasteiger partial charge is 0.378 e. The normalized spacial score (nSPS) is 19.3. The molecule has 2 aliphatic rings. The summed E-state index contributed by atoms with van der Waals surface area (Å²) in [5.41, 5.74) is 3.10. The van der Waals surface area contributed by atoms with Crippen LogP contribution in [0.3, 0.4) is 0 Å². The van der Waals surface area contributed by atoms with Crippen molar-refractivity contribution in [3.63, 3.8) is 0 Å². The van der Waals surface area contributed by atoms with E-state index in [9.17, 15) is 4.79 Å². The lowest BCUT2D eigenvalue weighted by Crippen LogP contribution is -2.62. The van der Waals surface area contributed by atoms with Gasteiger partial charge >= 0.3 is 0 Å². The summed E-state index contributed by atoms with van der Waals surface area (Å²) >= 11 is 0. The molecule has 1 aliphatic heterocycles. The number of rotatable bonds is 4. The Labute approximate surface area is 154 Å². The molecule has 6 nitrogen and oxygen atoms in total. The van der Waals surface area contributed by atoms with Gasteiger partial charge in [-0.1, -0.05) is 17.7 Å². The van der Waals surface area contributed by atoms with Crippen LogP contribution in [0.1, 0.15) is 30.5 Å². The molecule has 2 aromatic rings. The maximum atomic E-state index is 12.7. The predicted molar refractivity (Wildman–Crippen MR) is 101 cm³/mol. The van der Waals surface area contributed by atoms with Gasteiger partial charge < -0.3 is 10.1 Å². The Morgan fingerprint density at radius 3 is 2.73 bits per heavy atom. The molecule has 2 fully saturated rings. The number of ether oxygens (including phenoxy) is 1. The Hall–Kier alpha value is -2.18. The van der Waals surface area contributed by atoms with E-state index in [-0.39, 0.29) is 11.4 Å². The highest BCUT2D eigenvalue weighted by molar-refractivity contribution is 5.91.